The monoisotopic (exact) mass is 140 g/mol. The zero-order valence-corrected chi connectivity index (χ0v) is 5.04. The van der Waals surface area contributed by atoms with Gasteiger partial charge in [-0.25, -0.2) is 8.78 Å². The molecule has 1 fully saturated rings. The Balaban J connectivity index is 2.16. The lowest BCUT2D eigenvalue weighted by molar-refractivity contribution is 0.117. The maximum absolute atomic E-state index is 11.6. The third kappa shape index (κ3) is 1.10. The van der Waals surface area contributed by atoms with Crippen molar-refractivity contribution in [2.45, 2.75) is 12.8 Å². The fraction of sp³-hybridized carbons (Fsp3) is 1.00. The van der Waals surface area contributed by atoms with E-state index in [0.29, 0.717) is 12.3 Å². The summed E-state index contributed by atoms with van der Waals surface area (Å²) >= 11 is 5.30. The fourth-order valence-corrected chi connectivity index (χ4v) is 1.11. The van der Waals surface area contributed by atoms with E-state index in [4.69, 9.17) is 11.6 Å². The van der Waals surface area contributed by atoms with Crippen molar-refractivity contribution in [3.05, 3.63) is 0 Å². The number of alkyl halides is 3. The maximum Gasteiger partial charge on any atom is 0.241 e. The fourth-order valence-electron chi connectivity index (χ4n) is 0.757. The molecular weight excluding hydrogens is 134 g/mol. The van der Waals surface area contributed by atoms with Crippen LogP contribution in [0.5, 0.6) is 0 Å². The highest BCUT2D eigenvalue weighted by Crippen LogP contribution is 2.43. The normalized spacial score (nSPS) is 36.0. The molecule has 0 bridgehead atoms. The van der Waals surface area contributed by atoms with E-state index in [0.717, 1.165) is 0 Å². The smallest absolute Gasteiger partial charge is 0.210 e. The molecule has 0 amide bonds. The van der Waals surface area contributed by atoms with Crippen molar-refractivity contribution in [1.29, 1.82) is 0 Å². The van der Waals surface area contributed by atoms with Gasteiger partial charge in [0, 0.05) is 11.8 Å². The topological polar surface area (TPSA) is 0 Å². The molecule has 0 unspecified atom stereocenters. The molecule has 0 aliphatic heterocycles. The molecule has 0 aromatic rings. The highest BCUT2D eigenvalue weighted by Gasteiger charge is 2.42. The van der Waals surface area contributed by atoms with Gasteiger partial charge in [-0.05, 0) is 12.3 Å². The minimum atomic E-state index is -2.14. The number of hydrogen-bond donors (Lipinski definition) is 0. The molecule has 2 atom stereocenters. The Morgan fingerprint density at radius 2 is 2.25 bits per heavy atom. The molecule has 0 aromatic carbocycles. The maximum atomic E-state index is 11.6. The van der Waals surface area contributed by atoms with Gasteiger partial charge in [-0.1, -0.05) is 0 Å². The zero-order chi connectivity index (χ0) is 6.15. The first kappa shape index (κ1) is 6.27. The lowest BCUT2D eigenvalue weighted by atomic mass is 10.4. The Bertz CT molecular complexity index is 84.5. The van der Waals surface area contributed by atoms with Gasteiger partial charge in [0.05, 0.1) is 0 Å². The van der Waals surface area contributed by atoms with E-state index in [1.165, 1.54) is 0 Å². The molecule has 0 spiro atoms. The molecule has 3 heteroatoms. The standard InChI is InChI=1S/C5H7ClF2/c6-2-3-1-4(3)5(7)8/h3-5H,1-2H2/t3-,4-/m1/s1. The number of hydrogen-bond acceptors (Lipinski definition) is 0. The molecule has 0 N–H and O–H groups in total. The predicted molar refractivity (Wildman–Crippen MR) is 28.3 cm³/mol. The Morgan fingerprint density at radius 3 is 2.38 bits per heavy atom. The summed E-state index contributed by atoms with van der Waals surface area (Å²) < 4.78 is 23.2. The van der Waals surface area contributed by atoms with Gasteiger partial charge in [-0.15, -0.1) is 11.6 Å². The van der Waals surface area contributed by atoms with E-state index in [9.17, 15) is 8.78 Å². The number of rotatable bonds is 2. The molecule has 1 saturated carbocycles. The largest absolute Gasteiger partial charge is 0.241 e. The van der Waals surface area contributed by atoms with Crippen LogP contribution in [0, 0.1) is 11.8 Å². The Morgan fingerprint density at radius 1 is 1.62 bits per heavy atom. The van der Waals surface area contributed by atoms with Crippen LogP contribution in [0.15, 0.2) is 0 Å². The Kier molecular flexibility index (Phi) is 1.71. The molecular formula is C5H7ClF2. The average Bonchev–Trinajstić information content (AvgIpc) is 2.42. The molecule has 0 saturated heterocycles. The van der Waals surface area contributed by atoms with Crippen LogP contribution in [-0.2, 0) is 0 Å². The van der Waals surface area contributed by atoms with E-state index in [1.807, 2.05) is 0 Å². The van der Waals surface area contributed by atoms with E-state index >= 15 is 0 Å². The summed E-state index contributed by atoms with van der Waals surface area (Å²) in [5.74, 6) is 0.124. The van der Waals surface area contributed by atoms with Crippen molar-refractivity contribution >= 4 is 11.6 Å². The van der Waals surface area contributed by atoms with Crippen LogP contribution in [0.3, 0.4) is 0 Å². The SMILES string of the molecule is FC(F)[C@@H]1C[C@@H]1CCl. The summed E-state index contributed by atoms with van der Waals surface area (Å²) in [6.07, 6.45) is -1.51. The van der Waals surface area contributed by atoms with Crippen molar-refractivity contribution in [1.82, 2.24) is 0 Å². The van der Waals surface area contributed by atoms with Gasteiger partial charge < -0.3 is 0 Å². The highest BCUT2D eigenvalue weighted by molar-refractivity contribution is 6.18. The van der Waals surface area contributed by atoms with Crippen LogP contribution < -0.4 is 0 Å². The van der Waals surface area contributed by atoms with Crippen LogP contribution in [0.1, 0.15) is 6.42 Å². The second kappa shape index (κ2) is 2.18. The molecule has 48 valence electrons. The lowest BCUT2D eigenvalue weighted by Gasteiger charge is -1.90. The zero-order valence-electron chi connectivity index (χ0n) is 4.28. The lowest BCUT2D eigenvalue weighted by Crippen LogP contribution is -1.95. The van der Waals surface area contributed by atoms with Crippen LogP contribution in [0.4, 0.5) is 8.78 Å². The van der Waals surface area contributed by atoms with Crippen LogP contribution in [-0.4, -0.2) is 12.3 Å². The van der Waals surface area contributed by atoms with Crippen LogP contribution in [0.25, 0.3) is 0 Å². The van der Waals surface area contributed by atoms with Gasteiger partial charge in [-0.3, -0.25) is 0 Å². The second-order valence-corrected chi connectivity index (χ2v) is 2.46. The van der Waals surface area contributed by atoms with Gasteiger partial charge in [0.1, 0.15) is 0 Å². The highest BCUT2D eigenvalue weighted by atomic mass is 35.5. The first-order valence-corrected chi connectivity index (χ1v) is 3.13. The average molecular weight is 141 g/mol. The molecule has 1 aliphatic carbocycles. The third-order valence-electron chi connectivity index (χ3n) is 1.50. The summed E-state index contributed by atoms with van der Waals surface area (Å²) in [4.78, 5) is 0. The predicted octanol–water partition coefficient (Wildman–Crippen LogP) is 2.13. The summed E-state index contributed by atoms with van der Waals surface area (Å²) in [5, 5.41) is 0. The van der Waals surface area contributed by atoms with E-state index < -0.39 is 6.43 Å². The van der Waals surface area contributed by atoms with Crippen molar-refractivity contribution in [2.24, 2.45) is 11.8 Å². The van der Waals surface area contributed by atoms with Crippen LogP contribution in [0.2, 0.25) is 0 Å². The first-order chi connectivity index (χ1) is 3.75. The van der Waals surface area contributed by atoms with Gasteiger partial charge in [-0.2, -0.15) is 0 Å². The molecule has 0 aromatic heterocycles. The first-order valence-electron chi connectivity index (χ1n) is 2.60. The van der Waals surface area contributed by atoms with E-state index in [2.05, 4.69) is 0 Å². The van der Waals surface area contributed by atoms with Gasteiger partial charge >= 0.3 is 0 Å². The third-order valence-corrected chi connectivity index (χ3v) is 1.90. The van der Waals surface area contributed by atoms with Gasteiger partial charge in [0.2, 0.25) is 6.43 Å². The quantitative estimate of drug-likeness (QED) is 0.516. The van der Waals surface area contributed by atoms with Crippen molar-refractivity contribution in [2.75, 3.05) is 5.88 Å². The molecule has 0 radical (unpaired) electrons. The molecule has 1 rings (SSSR count). The summed E-state index contributed by atoms with van der Waals surface area (Å²) in [6.45, 7) is 0. The van der Waals surface area contributed by atoms with Crippen LogP contribution >= 0.6 is 11.6 Å². The molecule has 8 heavy (non-hydrogen) atoms. The summed E-state index contributed by atoms with van der Waals surface area (Å²) in [6, 6.07) is 0. The molecule has 1 aliphatic rings. The summed E-state index contributed by atoms with van der Waals surface area (Å²) in [7, 11) is 0. The Hall–Kier alpha value is 0.150. The van der Waals surface area contributed by atoms with Crippen molar-refractivity contribution < 1.29 is 8.78 Å². The second-order valence-electron chi connectivity index (χ2n) is 2.15. The van der Waals surface area contributed by atoms with Gasteiger partial charge in [0.25, 0.3) is 0 Å². The van der Waals surface area contributed by atoms with Gasteiger partial charge in [0.15, 0.2) is 0 Å². The van der Waals surface area contributed by atoms with E-state index in [1.54, 1.807) is 0 Å². The summed E-state index contributed by atoms with van der Waals surface area (Å²) in [5.41, 5.74) is 0. The Labute approximate surface area is 51.8 Å². The molecule has 0 heterocycles. The molecule has 0 nitrogen and oxygen atoms in total. The minimum Gasteiger partial charge on any atom is -0.210 e. The minimum absolute atomic E-state index is 0.108. The number of halogens is 3. The van der Waals surface area contributed by atoms with E-state index in [-0.39, 0.29) is 11.8 Å². The van der Waals surface area contributed by atoms with Crippen molar-refractivity contribution in [3.63, 3.8) is 0 Å². The van der Waals surface area contributed by atoms with Crippen molar-refractivity contribution in [3.8, 4) is 0 Å².